The molecule has 2 aliphatic rings. The van der Waals surface area contributed by atoms with E-state index in [4.69, 9.17) is 9.47 Å². The standard InChI is InChI=1S/C14H17F3N2O2/c15-14(16,17)11-2-1-3-12(19-11)21-10-8-13(20-9-10)4-6-18-7-5-13/h1-3,10,18H,4-9H2. The van der Waals surface area contributed by atoms with E-state index in [9.17, 15) is 13.2 Å². The van der Waals surface area contributed by atoms with Crippen LogP contribution in [0.15, 0.2) is 18.2 Å². The third-order valence-electron chi connectivity index (χ3n) is 3.99. The lowest BCUT2D eigenvalue weighted by molar-refractivity contribution is -0.141. The molecule has 1 spiro atoms. The van der Waals surface area contributed by atoms with E-state index >= 15 is 0 Å². The Bertz CT molecular complexity index is 501. The number of nitrogens with zero attached hydrogens (tertiary/aromatic N) is 1. The molecular formula is C14H17F3N2O2. The molecule has 0 bridgehead atoms. The zero-order chi connectivity index (χ0) is 14.9. The molecule has 3 heterocycles. The second kappa shape index (κ2) is 5.46. The minimum atomic E-state index is -4.46. The van der Waals surface area contributed by atoms with Crippen LogP contribution in [0.2, 0.25) is 0 Å². The van der Waals surface area contributed by atoms with Gasteiger partial charge in [-0.05, 0) is 32.0 Å². The van der Waals surface area contributed by atoms with Gasteiger partial charge in [0.2, 0.25) is 5.88 Å². The van der Waals surface area contributed by atoms with Crippen LogP contribution in [-0.2, 0) is 10.9 Å². The molecule has 0 amide bonds. The third-order valence-corrected chi connectivity index (χ3v) is 3.99. The fourth-order valence-corrected chi connectivity index (χ4v) is 2.92. The Labute approximate surface area is 120 Å². The van der Waals surface area contributed by atoms with Gasteiger partial charge in [0.25, 0.3) is 0 Å². The maximum absolute atomic E-state index is 12.6. The van der Waals surface area contributed by atoms with Crippen molar-refractivity contribution in [3.05, 3.63) is 23.9 Å². The van der Waals surface area contributed by atoms with Crippen molar-refractivity contribution in [3.63, 3.8) is 0 Å². The van der Waals surface area contributed by atoms with Crippen molar-refractivity contribution in [2.45, 2.75) is 37.1 Å². The van der Waals surface area contributed by atoms with Crippen LogP contribution in [0.1, 0.15) is 25.0 Å². The highest BCUT2D eigenvalue weighted by atomic mass is 19.4. The van der Waals surface area contributed by atoms with Gasteiger partial charge >= 0.3 is 6.18 Å². The Kier molecular flexibility index (Phi) is 3.79. The number of nitrogens with one attached hydrogen (secondary N) is 1. The van der Waals surface area contributed by atoms with Gasteiger partial charge in [-0.3, -0.25) is 0 Å². The lowest BCUT2D eigenvalue weighted by atomic mass is 9.89. The number of piperidine rings is 1. The molecule has 7 heteroatoms. The van der Waals surface area contributed by atoms with Crippen LogP contribution in [0.4, 0.5) is 13.2 Å². The average Bonchev–Trinajstić information content (AvgIpc) is 2.81. The molecule has 2 fully saturated rings. The van der Waals surface area contributed by atoms with Crippen molar-refractivity contribution in [1.82, 2.24) is 10.3 Å². The van der Waals surface area contributed by atoms with Gasteiger partial charge in [-0.1, -0.05) is 6.07 Å². The molecule has 0 saturated carbocycles. The Morgan fingerprint density at radius 3 is 2.76 bits per heavy atom. The van der Waals surface area contributed by atoms with E-state index in [0.29, 0.717) is 13.0 Å². The first kappa shape index (κ1) is 14.6. The first-order chi connectivity index (χ1) is 9.97. The minimum absolute atomic E-state index is 0.00408. The van der Waals surface area contributed by atoms with Gasteiger partial charge in [-0.15, -0.1) is 0 Å². The molecule has 1 aromatic heterocycles. The number of rotatable bonds is 2. The van der Waals surface area contributed by atoms with Crippen molar-refractivity contribution in [1.29, 1.82) is 0 Å². The number of aromatic nitrogens is 1. The molecule has 1 N–H and O–H groups in total. The summed E-state index contributed by atoms with van der Waals surface area (Å²) in [4.78, 5) is 3.53. The average molecular weight is 302 g/mol. The van der Waals surface area contributed by atoms with E-state index in [1.54, 1.807) is 0 Å². The minimum Gasteiger partial charge on any atom is -0.472 e. The van der Waals surface area contributed by atoms with Gasteiger partial charge in [0, 0.05) is 12.5 Å². The summed E-state index contributed by atoms with van der Waals surface area (Å²) < 4.78 is 49.3. The first-order valence-electron chi connectivity index (χ1n) is 7.03. The quantitative estimate of drug-likeness (QED) is 0.911. The molecule has 0 aromatic carbocycles. The monoisotopic (exact) mass is 302 g/mol. The van der Waals surface area contributed by atoms with Gasteiger partial charge in [-0.25, -0.2) is 4.98 Å². The van der Waals surface area contributed by atoms with E-state index in [1.165, 1.54) is 12.1 Å². The van der Waals surface area contributed by atoms with Gasteiger partial charge in [0.15, 0.2) is 0 Å². The molecular weight excluding hydrogens is 285 g/mol. The Morgan fingerprint density at radius 1 is 1.29 bits per heavy atom. The highest BCUT2D eigenvalue weighted by Gasteiger charge is 2.42. The molecule has 21 heavy (non-hydrogen) atoms. The van der Waals surface area contributed by atoms with Crippen LogP contribution in [0.5, 0.6) is 5.88 Å². The number of halogens is 3. The summed E-state index contributed by atoms with van der Waals surface area (Å²) in [7, 11) is 0. The van der Waals surface area contributed by atoms with Crippen molar-refractivity contribution in [2.24, 2.45) is 0 Å². The van der Waals surface area contributed by atoms with E-state index in [2.05, 4.69) is 10.3 Å². The van der Waals surface area contributed by atoms with Gasteiger partial charge in [0.05, 0.1) is 12.2 Å². The van der Waals surface area contributed by atoms with Crippen LogP contribution in [0.3, 0.4) is 0 Å². The molecule has 1 aromatic rings. The van der Waals surface area contributed by atoms with Crippen LogP contribution in [0, 0.1) is 0 Å². The number of hydrogen-bond donors (Lipinski definition) is 1. The normalized spacial score (nSPS) is 25.2. The summed E-state index contributed by atoms with van der Waals surface area (Å²) in [6.07, 6.45) is -2.18. The lowest BCUT2D eigenvalue weighted by Gasteiger charge is -2.32. The summed E-state index contributed by atoms with van der Waals surface area (Å²) in [5.41, 5.74) is -1.12. The Balaban J connectivity index is 1.65. The number of pyridine rings is 1. The predicted octanol–water partition coefficient (Wildman–Crippen LogP) is 2.39. The molecule has 1 unspecified atom stereocenters. The van der Waals surface area contributed by atoms with Crippen LogP contribution >= 0.6 is 0 Å². The summed E-state index contributed by atoms with van der Waals surface area (Å²) in [6.45, 7) is 2.20. The zero-order valence-electron chi connectivity index (χ0n) is 11.4. The zero-order valence-corrected chi connectivity index (χ0v) is 11.4. The molecule has 0 aliphatic carbocycles. The summed E-state index contributed by atoms with van der Waals surface area (Å²) >= 11 is 0. The van der Waals surface area contributed by atoms with Gasteiger partial charge < -0.3 is 14.8 Å². The third kappa shape index (κ3) is 3.29. The number of alkyl halides is 3. The predicted molar refractivity (Wildman–Crippen MR) is 69.1 cm³/mol. The fraction of sp³-hybridized carbons (Fsp3) is 0.643. The fourth-order valence-electron chi connectivity index (χ4n) is 2.92. The van der Waals surface area contributed by atoms with Gasteiger partial charge in [-0.2, -0.15) is 13.2 Å². The van der Waals surface area contributed by atoms with E-state index < -0.39 is 11.9 Å². The largest absolute Gasteiger partial charge is 0.472 e. The van der Waals surface area contributed by atoms with E-state index in [0.717, 1.165) is 32.0 Å². The number of ether oxygens (including phenoxy) is 2. The molecule has 3 rings (SSSR count). The maximum Gasteiger partial charge on any atom is 0.433 e. The Morgan fingerprint density at radius 2 is 2.05 bits per heavy atom. The van der Waals surface area contributed by atoms with Crippen molar-refractivity contribution >= 4 is 0 Å². The van der Waals surface area contributed by atoms with E-state index in [1.807, 2.05) is 0 Å². The van der Waals surface area contributed by atoms with E-state index in [-0.39, 0.29) is 17.6 Å². The topological polar surface area (TPSA) is 43.4 Å². The van der Waals surface area contributed by atoms with Gasteiger partial charge in [0.1, 0.15) is 11.8 Å². The smallest absolute Gasteiger partial charge is 0.433 e. The van der Waals surface area contributed by atoms with Crippen molar-refractivity contribution in [2.75, 3.05) is 19.7 Å². The SMILES string of the molecule is FC(F)(F)c1cccc(OC2COC3(CCNCC3)C2)n1. The maximum atomic E-state index is 12.6. The second-order valence-corrected chi connectivity index (χ2v) is 5.55. The number of hydrogen-bond acceptors (Lipinski definition) is 4. The van der Waals surface area contributed by atoms with Crippen LogP contribution in [-0.4, -0.2) is 36.4 Å². The van der Waals surface area contributed by atoms with Crippen LogP contribution in [0.25, 0.3) is 0 Å². The first-order valence-corrected chi connectivity index (χ1v) is 7.03. The summed E-state index contributed by atoms with van der Waals surface area (Å²) in [5.74, 6) is 0.00408. The highest BCUT2D eigenvalue weighted by molar-refractivity contribution is 5.18. The highest BCUT2D eigenvalue weighted by Crippen LogP contribution is 2.36. The van der Waals surface area contributed by atoms with Crippen molar-refractivity contribution in [3.8, 4) is 5.88 Å². The van der Waals surface area contributed by atoms with Crippen molar-refractivity contribution < 1.29 is 22.6 Å². The molecule has 2 saturated heterocycles. The summed E-state index contributed by atoms with van der Waals surface area (Å²) in [5, 5.41) is 3.27. The Hall–Kier alpha value is -1.34. The molecule has 116 valence electrons. The molecule has 4 nitrogen and oxygen atoms in total. The molecule has 2 aliphatic heterocycles. The van der Waals surface area contributed by atoms with Crippen LogP contribution < -0.4 is 10.1 Å². The second-order valence-electron chi connectivity index (χ2n) is 5.55. The summed E-state index contributed by atoms with van der Waals surface area (Å²) in [6, 6.07) is 3.69. The molecule has 1 atom stereocenters. The lowest BCUT2D eigenvalue weighted by Crippen LogP contribution is -2.41. The molecule has 0 radical (unpaired) electrons.